The summed E-state index contributed by atoms with van der Waals surface area (Å²) in [7, 11) is -3.34. The van der Waals surface area contributed by atoms with Crippen molar-refractivity contribution in [1.29, 1.82) is 0 Å². The zero-order valence-electron chi connectivity index (χ0n) is 16.4. The molecule has 0 bridgehead atoms. The second-order valence-corrected chi connectivity index (χ2v) is 11.4. The summed E-state index contributed by atoms with van der Waals surface area (Å²) in [5, 5.41) is 2.70. The molecule has 0 atom stereocenters. The number of halogens is 1. The minimum absolute atomic E-state index is 0.350. The van der Waals surface area contributed by atoms with Gasteiger partial charge in [-0.15, -0.1) is 11.3 Å². The van der Waals surface area contributed by atoms with Gasteiger partial charge in [0.2, 0.25) is 0 Å². The van der Waals surface area contributed by atoms with E-state index in [4.69, 9.17) is 4.98 Å². The average Bonchev–Trinajstić information content (AvgIpc) is 3.20. The average molecular weight is 491 g/mol. The van der Waals surface area contributed by atoms with Crippen LogP contribution in [0.1, 0.15) is 24.0 Å². The van der Waals surface area contributed by atoms with E-state index in [-0.39, 0.29) is 5.25 Å². The van der Waals surface area contributed by atoms with Gasteiger partial charge in [0.1, 0.15) is 0 Å². The number of piperidine rings is 1. The number of hydrogen-bond donors (Lipinski definition) is 0. The second-order valence-electron chi connectivity index (χ2n) is 7.48. The van der Waals surface area contributed by atoms with Crippen LogP contribution in [0.15, 0.2) is 57.2 Å². The van der Waals surface area contributed by atoms with Gasteiger partial charge in [-0.1, -0.05) is 24.3 Å². The van der Waals surface area contributed by atoms with Gasteiger partial charge in [0, 0.05) is 28.5 Å². The summed E-state index contributed by atoms with van der Waals surface area (Å²) in [4.78, 5) is 7.42. The van der Waals surface area contributed by atoms with E-state index in [0.717, 1.165) is 16.4 Å². The molecule has 7 heteroatoms. The van der Waals surface area contributed by atoms with E-state index in [2.05, 4.69) is 58.3 Å². The second kappa shape index (κ2) is 8.20. The van der Waals surface area contributed by atoms with Crippen molar-refractivity contribution in [3.63, 3.8) is 0 Å². The molecule has 0 saturated carbocycles. The predicted molar refractivity (Wildman–Crippen MR) is 124 cm³/mol. The normalized spacial score (nSPS) is 15.6. The van der Waals surface area contributed by atoms with Crippen LogP contribution in [0, 0.1) is 13.8 Å². The van der Waals surface area contributed by atoms with Gasteiger partial charge in [0.05, 0.1) is 15.8 Å². The Labute approximate surface area is 184 Å². The van der Waals surface area contributed by atoms with Crippen molar-refractivity contribution in [3.05, 3.63) is 63.4 Å². The van der Waals surface area contributed by atoms with Gasteiger partial charge in [0.25, 0.3) is 0 Å². The minimum Gasteiger partial charge on any atom is -0.348 e. The molecule has 2 aromatic carbocycles. The molecule has 0 N–H and O–H groups in total. The quantitative estimate of drug-likeness (QED) is 0.475. The lowest BCUT2D eigenvalue weighted by Gasteiger charge is -2.31. The summed E-state index contributed by atoms with van der Waals surface area (Å²) in [5.74, 6) is 0. The number of thiazole rings is 1. The molecule has 1 aromatic heterocycles. The molecule has 4 rings (SSSR count). The van der Waals surface area contributed by atoms with Crippen LogP contribution in [0.2, 0.25) is 0 Å². The third-order valence-electron chi connectivity index (χ3n) is 5.59. The number of nitrogens with zero attached hydrogens (tertiary/aromatic N) is 2. The van der Waals surface area contributed by atoms with E-state index in [1.807, 2.05) is 6.07 Å². The highest BCUT2D eigenvalue weighted by atomic mass is 79.9. The summed E-state index contributed by atoms with van der Waals surface area (Å²) >= 11 is 5.01. The van der Waals surface area contributed by atoms with Crippen LogP contribution in [-0.4, -0.2) is 31.7 Å². The summed E-state index contributed by atoms with van der Waals surface area (Å²) in [6, 6.07) is 13.5. The van der Waals surface area contributed by atoms with E-state index in [1.54, 1.807) is 29.5 Å². The van der Waals surface area contributed by atoms with Crippen molar-refractivity contribution in [1.82, 2.24) is 4.98 Å². The monoisotopic (exact) mass is 490 g/mol. The lowest BCUT2D eigenvalue weighted by molar-refractivity contribution is 0.529. The van der Waals surface area contributed by atoms with E-state index in [1.165, 1.54) is 11.1 Å². The van der Waals surface area contributed by atoms with Crippen molar-refractivity contribution in [3.8, 4) is 11.3 Å². The van der Waals surface area contributed by atoms with Gasteiger partial charge in [-0.05, 0) is 71.9 Å². The van der Waals surface area contributed by atoms with Crippen molar-refractivity contribution in [2.75, 3.05) is 18.0 Å². The summed E-state index contributed by atoms with van der Waals surface area (Å²) < 4.78 is 26.7. The molecule has 3 aromatic rings. The molecule has 1 aliphatic heterocycles. The Morgan fingerprint density at radius 2 is 1.79 bits per heavy atom. The van der Waals surface area contributed by atoms with Gasteiger partial charge in [-0.3, -0.25) is 0 Å². The van der Waals surface area contributed by atoms with E-state index >= 15 is 0 Å². The molecule has 0 unspecified atom stereocenters. The largest absolute Gasteiger partial charge is 0.348 e. The molecule has 29 heavy (non-hydrogen) atoms. The van der Waals surface area contributed by atoms with Crippen molar-refractivity contribution in [2.24, 2.45) is 0 Å². The maximum Gasteiger partial charge on any atom is 0.185 e. The van der Waals surface area contributed by atoms with Gasteiger partial charge in [-0.2, -0.15) is 0 Å². The smallest absolute Gasteiger partial charge is 0.185 e. The zero-order valence-corrected chi connectivity index (χ0v) is 19.6. The number of aryl methyl sites for hydroxylation is 2. The molecule has 0 radical (unpaired) electrons. The predicted octanol–water partition coefficient (Wildman–Crippen LogP) is 5.63. The number of sulfone groups is 1. The Kier molecular flexibility index (Phi) is 5.82. The zero-order chi connectivity index (χ0) is 20.6. The van der Waals surface area contributed by atoms with Crippen LogP contribution in [0.3, 0.4) is 0 Å². The number of benzene rings is 2. The van der Waals surface area contributed by atoms with E-state index in [9.17, 15) is 8.42 Å². The highest BCUT2D eigenvalue weighted by Crippen LogP contribution is 2.33. The molecule has 0 spiro atoms. The van der Waals surface area contributed by atoms with Crippen LogP contribution in [-0.2, 0) is 9.84 Å². The Hall–Kier alpha value is -1.70. The SMILES string of the molecule is Cc1ccc(-c2csc(N3CCC(S(=O)(=O)c4ccccc4Br)CC3)n2)cc1C. The topological polar surface area (TPSA) is 50.3 Å². The van der Waals surface area contributed by atoms with Crippen LogP contribution < -0.4 is 4.90 Å². The fourth-order valence-electron chi connectivity index (χ4n) is 3.66. The highest BCUT2D eigenvalue weighted by Gasteiger charge is 2.33. The molecule has 2 heterocycles. The summed E-state index contributed by atoms with van der Waals surface area (Å²) in [6.07, 6.45) is 1.23. The maximum absolute atomic E-state index is 13.0. The minimum atomic E-state index is -3.34. The maximum atomic E-state index is 13.0. The van der Waals surface area contributed by atoms with Gasteiger partial charge in [-0.25, -0.2) is 13.4 Å². The Bertz CT molecular complexity index is 1130. The van der Waals surface area contributed by atoms with E-state index in [0.29, 0.717) is 35.3 Å². The van der Waals surface area contributed by atoms with Gasteiger partial charge < -0.3 is 4.90 Å². The van der Waals surface area contributed by atoms with E-state index < -0.39 is 9.84 Å². The molecule has 1 saturated heterocycles. The van der Waals surface area contributed by atoms with Crippen LogP contribution in [0.5, 0.6) is 0 Å². The molecule has 1 aliphatic rings. The number of aromatic nitrogens is 1. The van der Waals surface area contributed by atoms with Crippen molar-refractivity contribution < 1.29 is 8.42 Å². The first-order chi connectivity index (χ1) is 13.9. The first kappa shape index (κ1) is 20.6. The fourth-order valence-corrected chi connectivity index (χ4v) is 7.30. The Morgan fingerprint density at radius 3 is 2.48 bits per heavy atom. The van der Waals surface area contributed by atoms with Crippen molar-refractivity contribution in [2.45, 2.75) is 36.8 Å². The van der Waals surface area contributed by atoms with Crippen LogP contribution in [0.4, 0.5) is 5.13 Å². The summed E-state index contributed by atoms with van der Waals surface area (Å²) in [6.45, 7) is 5.63. The molecule has 0 aliphatic carbocycles. The molecule has 1 fully saturated rings. The standard InChI is InChI=1S/C22H23BrN2O2S2/c1-15-7-8-17(13-16(15)2)20-14-28-22(24-20)25-11-9-18(10-12-25)29(26,27)21-6-4-3-5-19(21)23/h3-8,13-14,18H,9-12H2,1-2H3. The Balaban J connectivity index is 1.47. The third kappa shape index (κ3) is 4.13. The highest BCUT2D eigenvalue weighted by molar-refractivity contribution is 9.10. The van der Waals surface area contributed by atoms with Gasteiger partial charge in [0.15, 0.2) is 15.0 Å². The first-order valence-electron chi connectivity index (χ1n) is 9.63. The molecule has 4 nitrogen and oxygen atoms in total. The first-order valence-corrected chi connectivity index (χ1v) is 12.8. The van der Waals surface area contributed by atoms with Crippen molar-refractivity contribution >= 4 is 42.2 Å². The Morgan fingerprint density at radius 1 is 1.07 bits per heavy atom. The van der Waals surface area contributed by atoms with Crippen LogP contribution in [0.25, 0.3) is 11.3 Å². The lowest BCUT2D eigenvalue weighted by atomic mass is 10.1. The number of rotatable bonds is 4. The molecular formula is C22H23BrN2O2S2. The number of anilines is 1. The molecule has 152 valence electrons. The molecule has 0 amide bonds. The number of hydrogen-bond acceptors (Lipinski definition) is 5. The fraction of sp³-hybridized carbons (Fsp3) is 0.318. The lowest BCUT2D eigenvalue weighted by Crippen LogP contribution is -2.39. The third-order valence-corrected chi connectivity index (χ3v) is 9.76. The van der Waals surface area contributed by atoms with Gasteiger partial charge >= 0.3 is 0 Å². The molecular weight excluding hydrogens is 468 g/mol. The summed E-state index contributed by atoms with van der Waals surface area (Å²) in [5.41, 5.74) is 4.64. The van der Waals surface area contributed by atoms with Crippen LogP contribution >= 0.6 is 27.3 Å².